The van der Waals surface area contributed by atoms with Gasteiger partial charge in [-0.05, 0) is 66.6 Å². The number of fused-ring (bicyclic) bond motifs is 5. The summed E-state index contributed by atoms with van der Waals surface area (Å²) < 4.78 is 1.93. The van der Waals surface area contributed by atoms with E-state index >= 15 is 0 Å². The van der Waals surface area contributed by atoms with Gasteiger partial charge in [0, 0.05) is 21.5 Å². The van der Waals surface area contributed by atoms with Crippen LogP contribution in [0.25, 0.3) is 20.7 Å². The van der Waals surface area contributed by atoms with Crippen molar-refractivity contribution in [3.05, 3.63) is 80.6 Å². The molecule has 2 heterocycles. The van der Waals surface area contributed by atoms with Crippen LogP contribution in [0.3, 0.4) is 0 Å². The maximum atomic E-state index is 14.1. The molecule has 4 aromatic rings. The van der Waals surface area contributed by atoms with Crippen LogP contribution in [0.2, 0.25) is 5.02 Å². The van der Waals surface area contributed by atoms with E-state index in [1.165, 1.54) is 34.2 Å². The van der Waals surface area contributed by atoms with Gasteiger partial charge in [-0.15, -0.1) is 11.3 Å². The van der Waals surface area contributed by atoms with E-state index in [1.807, 2.05) is 4.57 Å². The van der Waals surface area contributed by atoms with Crippen LogP contribution in [0.1, 0.15) is 59.6 Å². The lowest BCUT2D eigenvalue weighted by Gasteiger charge is -2.26. The van der Waals surface area contributed by atoms with Gasteiger partial charge < -0.3 is 0 Å². The van der Waals surface area contributed by atoms with E-state index in [-0.39, 0.29) is 23.1 Å². The van der Waals surface area contributed by atoms with Crippen LogP contribution in [0.4, 0.5) is 0 Å². The molecule has 0 N–H and O–H groups in total. The smallest absolute Gasteiger partial charge is 0.263 e. The Balaban J connectivity index is 1.43. The summed E-state index contributed by atoms with van der Waals surface area (Å²) in [6.07, 6.45) is 7.25. The highest BCUT2D eigenvalue weighted by Crippen LogP contribution is 2.43. The first-order chi connectivity index (χ1) is 17.1. The quantitative estimate of drug-likeness (QED) is 0.157. The molecule has 0 unspecified atom stereocenters. The molecular weight excluding hydrogens is 496 g/mol. The Morgan fingerprint density at radius 3 is 2.63 bits per heavy atom. The average molecular weight is 521 g/mol. The Morgan fingerprint density at radius 1 is 1.06 bits per heavy atom. The minimum absolute atomic E-state index is 0.00982. The summed E-state index contributed by atoms with van der Waals surface area (Å²) in [5.41, 5.74) is 4.41. The van der Waals surface area contributed by atoms with Crippen molar-refractivity contribution >= 4 is 50.7 Å². The molecule has 0 bridgehead atoms. The standard InChI is InChI=1S/C28H25ClN2O2S2/c29-19-13-10-18(11-14-19)23(32)16-34-28-30-26-24(27(33)31(28)20-7-2-1-3-8-20)22-15-12-17-6-4-5-9-21(17)25(22)35-26/h4-6,9-11,13-14,20H,1-3,7-8,12,15-16H2. The van der Waals surface area contributed by atoms with Crippen LogP contribution in [0.5, 0.6) is 0 Å². The summed E-state index contributed by atoms with van der Waals surface area (Å²) in [7, 11) is 0. The highest BCUT2D eigenvalue weighted by atomic mass is 35.5. The molecule has 0 spiro atoms. The van der Waals surface area contributed by atoms with Crippen LogP contribution < -0.4 is 5.56 Å². The molecule has 0 atom stereocenters. The largest absolute Gasteiger partial charge is 0.293 e. The number of thioether (sulfide) groups is 1. The molecule has 0 aliphatic heterocycles. The first-order valence-electron chi connectivity index (χ1n) is 12.2. The Kier molecular flexibility index (Phi) is 6.29. The number of benzene rings is 2. The minimum atomic E-state index is 0.00982. The van der Waals surface area contributed by atoms with Crippen LogP contribution in [-0.4, -0.2) is 21.1 Å². The van der Waals surface area contributed by atoms with Gasteiger partial charge in [0.2, 0.25) is 0 Å². The third-order valence-electron chi connectivity index (χ3n) is 7.17. The Hall–Kier alpha value is -2.41. The van der Waals surface area contributed by atoms with Crippen LogP contribution >= 0.6 is 34.7 Å². The zero-order valence-corrected chi connectivity index (χ0v) is 21.6. The molecule has 35 heavy (non-hydrogen) atoms. The fourth-order valence-electron chi connectivity index (χ4n) is 5.39. The first kappa shape index (κ1) is 23.0. The summed E-state index contributed by atoms with van der Waals surface area (Å²) in [5, 5.41) is 2.07. The molecule has 1 saturated carbocycles. The molecule has 2 aromatic heterocycles. The van der Waals surface area contributed by atoms with E-state index in [0.29, 0.717) is 15.7 Å². The van der Waals surface area contributed by atoms with Gasteiger partial charge in [-0.25, -0.2) is 4.98 Å². The van der Waals surface area contributed by atoms with Crippen LogP contribution in [-0.2, 0) is 12.8 Å². The van der Waals surface area contributed by atoms with Crippen molar-refractivity contribution in [2.45, 2.75) is 56.1 Å². The fraction of sp³-hybridized carbons (Fsp3) is 0.321. The zero-order valence-electron chi connectivity index (χ0n) is 19.3. The molecule has 2 aliphatic carbocycles. The normalized spacial score (nSPS) is 15.7. The van der Waals surface area contributed by atoms with Gasteiger partial charge in [0.1, 0.15) is 4.83 Å². The summed E-state index contributed by atoms with van der Waals surface area (Å²) >= 11 is 8.99. The molecule has 7 heteroatoms. The third-order valence-corrected chi connectivity index (χ3v) is 9.53. The zero-order chi connectivity index (χ0) is 23.9. The number of thiophene rings is 1. The van der Waals surface area contributed by atoms with Crippen LogP contribution in [0.15, 0.2) is 58.5 Å². The Morgan fingerprint density at radius 2 is 1.83 bits per heavy atom. The maximum Gasteiger partial charge on any atom is 0.263 e. The molecule has 1 fully saturated rings. The van der Waals surface area contributed by atoms with E-state index in [2.05, 4.69) is 24.3 Å². The number of nitrogens with zero attached hydrogens (tertiary/aromatic N) is 2. The van der Waals surface area contributed by atoms with Crippen molar-refractivity contribution in [3.8, 4) is 10.4 Å². The highest BCUT2D eigenvalue weighted by molar-refractivity contribution is 7.99. The van der Waals surface area contributed by atoms with Gasteiger partial charge in [0.15, 0.2) is 10.9 Å². The number of aromatic nitrogens is 2. The number of hydrogen-bond acceptors (Lipinski definition) is 5. The molecule has 2 aromatic carbocycles. The van der Waals surface area contributed by atoms with Crippen molar-refractivity contribution < 1.29 is 4.79 Å². The minimum Gasteiger partial charge on any atom is -0.293 e. The molecule has 0 saturated heterocycles. The molecule has 6 rings (SSSR count). The number of rotatable bonds is 5. The number of hydrogen-bond donors (Lipinski definition) is 0. The number of ketones is 1. The summed E-state index contributed by atoms with van der Waals surface area (Å²) in [6, 6.07) is 15.6. The molecule has 0 amide bonds. The van der Waals surface area contributed by atoms with Crippen molar-refractivity contribution in [2.75, 3.05) is 5.75 Å². The predicted octanol–water partition coefficient (Wildman–Crippen LogP) is 7.36. The van der Waals surface area contributed by atoms with E-state index in [0.717, 1.165) is 54.3 Å². The SMILES string of the molecule is O=C(CSc1nc2sc3c(c2c(=O)n1C1CCCCC1)CCc1ccccc1-3)c1ccc(Cl)cc1. The topological polar surface area (TPSA) is 52.0 Å². The highest BCUT2D eigenvalue weighted by Gasteiger charge is 2.28. The van der Waals surface area contributed by atoms with E-state index in [1.54, 1.807) is 35.6 Å². The second-order valence-corrected chi connectivity index (χ2v) is 11.7. The number of Topliss-reactive ketones (excluding diaryl/α,β-unsaturated/α-hetero) is 1. The van der Waals surface area contributed by atoms with Crippen molar-refractivity contribution in [2.24, 2.45) is 0 Å². The molecule has 0 radical (unpaired) electrons. The second-order valence-electron chi connectivity index (χ2n) is 9.33. The van der Waals surface area contributed by atoms with Crippen molar-refractivity contribution in [3.63, 3.8) is 0 Å². The van der Waals surface area contributed by atoms with Crippen molar-refractivity contribution in [1.29, 1.82) is 0 Å². The van der Waals surface area contributed by atoms with Gasteiger partial charge in [0.05, 0.1) is 11.1 Å². The fourth-order valence-corrected chi connectivity index (χ4v) is 7.80. The lowest BCUT2D eigenvalue weighted by molar-refractivity contribution is 0.102. The van der Waals surface area contributed by atoms with E-state index in [4.69, 9.17) is 16.6 Å². The number of aryl methyl sites for hydroxylation is 2. The third kappa shape index (κ3) is 4.26. The van der Waals surface area contributed by atoms with Crippen molar-refractivity contribution in [1.82, 2.24) is 9.55 Å². The van der Waals surface area contributed by atoms with E-state index < -0.39 is 0 Å². The Labute approximate surface area is 217 Å². The first-order valence-corrected chi connectivity index (χ1v) is 14.4. The second kappa shape index (κ2) is 9.57. The number of carbonyl (C=O) groups is 1. The number of halogens is 1. The monoisotopic (exact) mass is 520 g/mol. The van der Waals surface area contributed by atoms with Gasteiger partial charge in [-0.3, -0.25) is 14.2 Å². The average Bonchev–Trinajstić information content (AvgIpc) is 3.27. The lowest BCUT2D eigenvalue weighted by Crippen LogP contribution is -2.29. The lowest BCUT2D eigenvalue weighted by atomic mass is 9.90. The molecule has 4 nitrogen and oxygen atoms in total. The van der Waals surface area contributed by atoms with E-state index in [9.17, 15) is 9.59 Å². The van der Waals surface area contributed by atoms with Crippen LogP contribution in [0, 0.1) is 0 Å². The molecule has 178 valence electrons. The summed E-state index contributed by atoms with van der Waals surface area (Å²) in [6.45, 7) is 0. The van der Waals surface area contributed by atoms with Gasteiger partial charge in [-0.2, -0.15) is 0 Å². The van der Waals surface area contributed by atoms with Gasteiger partial charge in [0.25, 0.3) is 5.56 Å². The summed E-state index contributed by atoms with van der Waals surface area (Å²) in [5.74, 6) is 0.246. The molecular formula is C28H25ClN2O2S2. The summed E-state index contributed by atoms with van der Waals surface area (Å²) in [4.78, 5) is 34.0. The van der Waals surface area contributed by atoms with Gasteiger partial charge >= 0.3 is 0 Å². The maximum absolute atomic E-state index is 14.1. The predicted molar refractivity (Wildman–Crippen MR) is 145 cm³/mol. The molecule has 2 aliphatic rings. The Bertz CT molecular complexity index is 1480. The number of carbonyl (C=O) groups excluding carboxylic acids is 1. The van der Waals surface area contributed by atoms with Gasteiger partial charge in [-0.1, -0.05) is 66.9 Å².